The number of amides is 2. The highest BCUT2D eigenvalue weighted by molar-refractivity contribution is 6.30. The minimum absolute atomic E-state index is 0.314. The highest BCUT2D eigenvalue weighted by Gasteiger charge is 2.26. The van der Waals surface area contributed by atoms with E-state index in [9.17, 15) is 9.59 Å². The van der Waals surface area contributed by atoms with E-state index in [4.69, 9.17) is 0 Å². The van der Waals surface area contributed by atoms with Gasteiger partial charge in [0.15, 0.2) is 0 Å². The SMILES string of the molecule is O=C1NC(=O)c2c3ccccc3cc3cccc1c23. The van der Waals surface area contributed by atoms with Gasteiger partial charge in [-0.25, -0.2) is 0 Å². The summed E-state index contributed by atoms with van der Waals surface area (Å²) in [6, 6.07) is 15.3. The topological polar surface area (TPSA) is 46.2 Å². The van der Waals surface area contributed by atoms with Gasteiger partial charge >= 0.3 is 0 Å². The van der Waals surface area contributed by atoms with Gasteiger partial charge in [-0.15, -0.1) is 0 Å². The molecule has 1 N–H and O–H groups in total. The van der Waals surface area contributed by atoms with E-state index in [-0.39, 0.29) is 11.8 Å². The lowest BCUT2D eigenvalue weighted by atomic mass is 9.90. The van der Waals surface area contributed by atoms with Gasteiger partial charge in [-0.3, -0.25) is 14.9 Å². The van der Waals surface area contributed by atoms with Gasteiger partial charge in [0.2, 0.25) is 0 Å². The molecule has 0 spiro atoms. The molecule has 3 aromatic rings. The van der Waals surface area contributed by atoms with Crippen LogP contribution < -0.4 is 5.32 Å². The molecular formula is C16H9NO2. The van der Waals surface area contributed by atoms with Crippen LogP contribution in [0.5, 0.6) is 0 Å². The minimum atomic E-state index is -0.321. The highest BCUT2D eigenvalue weighted by Crippen LogP contribution is 2.32. The van der Waals surface area contributed by atoms with Crippen molar-refractivity contribution in [3.05, 3.63) is 59.7 Å². The summed E-state index contributed by atoms with van der Waals surface area (Å²) in [6.45, 7) is 0. The van der Waals surface area contributed by atoms with Gasteiger partial charge in [0.25, 0.3) is 11.8 Å². The molecule has 0 aromatic heterocycles. The van der Waals surface area contributed by atoms with Crippen molar-refractivity contribution in [3.63, 3.8) is 0 Å². The molecule has 90 valence electrons. The molecule has 19 heavy (non-hydrogen) atoms. The molecule has 4 rings (SSSR count). The van der Waals surface area contributed by atoms with Crippen LogP contribution in [0, 0.1) is 0 Å². The second kappa shape index (κ2) is 3.42. The van der Waals surface area contributed by atoms with Gasteiger partial charge in [-0.05, 0) is 28.3 Å². The normalized spacial score (nSPS) is 13.9. The number of hydrogen-bond acceptors (Lipinski definition) is 2. The van der Waals surface area contributed by atoms with Crippen LogP contribution in [-0.4, -0.2) is 11.8 Å². The zero-order chi connectivity index (χ0) is 13.0. The summed E-state index contributed by atoms with van der Waals surface area (Å²) in [7, 11) is 0. The second-order valence-corrected chi connectivity index (χ2v) is 4.66. The standard InChI is InChI=1S/C16H9NO2/c18-15-12-7-3-5-10-8-9-4-1-2-6-11(9)14(13(10)12)16(19)17-15/h1-8H,(H,17,18,19). The Morgan fingerprint density at radius 3 is 2.47 bits per heavy atom. The molecule has 3 nitrogen and oxygen atoms in total. The average molecular weight is 247 g/mol. The minimum Gasteiger partial charge on any atom is -0.288 e. The van der Waals surface area contributed by atoms with Crippen molar-refractivity contribution < 1.29 is 9.59 Å². The molecule has 1 aliphatic rings. The van der Waals surface area contributed by atoms with Crippen LogP contribution in [0.1, 0.15) is 20.7 Å². The molecule has 2 amide bonds. The zero-order valence-electron chi connectivity index (χ0n) is 9.94. The van der Waals surface area contributed by atoms with E-state index in [0.717, 1.165) is 21.5 Å². The molecule has 0 aliphatic carbocycles. The average Bonchev–Trinajstić information content (AvgIpc) is 2.42. The summed E-state index contributed by atoms with van der Waals surface area (Å²) in [6.07, 6.45) is 0. The monoisotopic (exact) mass is 247 g/mol. The third-order valence-electron chi connectivity index (χ3n) is 3.59. The summed E-state index contributed by atoms with van der Waals surface area (Å²) in [5.74, 6) is -0.635. The Hall–Kier alpha value is -2.68. The molecule has 3 aromatic carbocycles. The number of imide groups is 1. The van der Waals surface area contributed by atoms with Crippen LogP contribution in [0.3, 0.4) is 0 Å². The lowest BCUT2D eigenvalue weighted by Gasteiger charge is -2.18. The van der Waals surface area contributed by atoms with Crippen molar-refractivity contribution in [1.82, 2.24) is 5.32 Å². The number of benzene rings is 3. The fourth-order valence-electron chi connectivity index (χ4n) is 2.78. The second-order valence-electron chi connectivity index (χ2n) is 4.66. The molecule has 1 aliphatic heterocycles. The number of fused-ring (bicyclic) bond motifs is 2. The van der Waals surface area contributed by atoms with Gasteiger partial charge in [-0.1, -0.05) is 36.4 Å². The van der Waals surface area contributed by atoms with Crippen molar-refractivity contribution in [2.24, 2.45) is 0 Å². The van der Waals surface area contributed by atoms with Crippen molar-refractivity contribution >= 4 is 33.4 Å². The smallest absolute Gasteiger partial charge is 0.259 e. The molecule has 3 heteroatoms. The molecule has 0 saturated carbocycles. The maximum absolute atomic E-state index is 12.2. The van der Waals surface area contributed by atoms with Crippen LogP contribution in [0.4, 0.5) is 0 Å². The Balaban J connectivity index is 2.35. The Labute approximate surface area is 108 Å². The van der Waals surface area contributed by atoms with Crippen LogP contribution >= 0.6 is 0 Å². The molecule has 0 unspecified atom stereocenters. The zero-order valence-corrected chi connectivity index (χ0v) is 9.94. The summed E-state index contributed by atoms with van der Waals surface area (Å²) in [4.78, 5) is 24.1. The van der Waals surface area contributed by atoms with Crippen LogP contribution in [-0.2, 0) is 0 Å². The first kappa shape index (κ1) is 10.3. The Morgan fingerprint density at radius 2 is 1.58 bits per heavy atom. The van der Waals surface area contributed by atoms with E-state index < -0.39 is 0 Å². The molecule has 0 saturated heterocycles. The van der Waals surface area contributed by atoms with Crippen molar-refractivity contribution in [1.29, 1.82) is 0 Å². The third kappa shape index (κ3) is 1.27. The molecule has 0 radical (unpaired) electrons. The number of rotatable bonds is 0. The quantitative estimate of drug-likeness (QED) is 0.490. The summed E-state index contributed by atoms with van der Waals surface area (Å²) in [5.41, 5.74) is 1.17. The fraction of sp³-hybridized carbons (Fsp3) is 0. The van der Waals surface area contributed by atoms with E-state index in [0.29, 0.717) is 11.1 Å². The van der Waals surface area contributed by atoms with Gasteiger partial charge in [0, 0.05) is 10.9 Å². The molecule has 0 atom stereocenters. The fourth-order valence-corrected chi connectivity index (χ4v) is 2.78. The first-order chi connectivity index (χ1) is 9.25. The lowest BCUT2D eigenvalue weighted by molar-refractivity contribution is 0.0846. The van der Waals surface area contributed by atoms with Gasteiger partial charge in [0.05, 0.1) is 5.56 Å². The Kier molecular flexibility index (Phi) is 1.85. The van der Waals surface area contributed by atoms with E-state index >= 15 is 0 Å². The Morgan fingerprint density at radius 1 is 0.789 bits per heavy atom. The summed E-state index contributed by atoms with van der Waals surface area (Å²) < 4.78 is 0. The van der Waals surface area contributed by atoms with Crippen LogP contribution in [0.25, 0.3) is 21.5 Å². The predicted octanol–water partition coefficient (Wildman–Crippen LogP) is 2.88. The van der Waals surface area contributed by atoms with Crippen molar-refractivity contribution in [3.8, 4) is 0 Å². The van der Waals surface area contributed by atoms with Gasteiger partial charge in [0.1, 0.15) is 0 Å². The van der Waals surface area contributed by atoms with E-state index in [1.54, 1.807) is 6.07 Å². The maximum Gasteiger partial charge on any atom is 0.259 e. The molecule has 0 bridgehead atoms. The Bertz CT molecular complexity index is 880. The van der Waals surface area contributed by atoms with E-state index in [2.05, 4.69) is 5.32 Å². The highest BCUT2D eigenvalue weighted by atomic mass is 16.2. The van der Waals surface area contributed by atoms with E-state index in [1.165, 1.54) is 0 Å². The number of hydrogen-bond donors (Lipinski definition) is 1. The van der Waals surface area contributed by atoms with Crippen LogP contribution in [0.2, 0.25) is 0 Å². The van der Waals surface area contributed by atoms with Crippen LogP contribution in [0.15, 0.2) is 48.5 Å². The predicted molar refractivity (Wildman–Crippen MR) is 73.3 cm³/mol. The van der Waals surface area contributed by atoms with Gasteiger partial charge < -0.3 is 0 Å². The maximum atomic E-state index is 12.2. The largest absolute Gasteiger partial charge is 0.288 e. The van der Waals surface area contributed by atoms with Crippen molar-refractivity contribution in [2.45, 2.75) is 0 Å². The third-order valence-corrected chi connectivity index (χ3v) is 3.59. The van der Waals surface area contributed by atoms with Crippen molar-refractivity contribution in [2.75, 3.05) is 0 Å². The molecular weight excluding hydrogens is 238 g/mol. The summed E-state index contributed by atoms with van der Waals surface area (Å²) in [5, 5.41) is 5.98. The number of carbonyl (C=O) groups is 2. The first-order valence-electron chi connectivity index (χ1n) is 6.06. The van der Waals surface area contributed by atoms with E-state index in [1.807, 2.05) is 42.5 Å². The molecule has 1 heterocycles. The number of nitrogens with one attached hydrogen (secondary N) is 1. The number of carbonyl (C=O) groups excluding carboxylic acids is 2. The molecule has 0 fully saturated rings. The first-order valence-corrected chi connectivity index (χ1v) is 6.06. The van der Waals surface area contributed by atoms with Gasteiger partial charge in [-0.2, -0.15) is 0 Å². The summed E-state index contributed by atoms with van der Waals surface area (Å²) >= 11 is 0. The lowest BCUT2D eigenvalue weighted by Crippen LogP contribution is -2.34.